The van der Waals surface area contributed by atoms with E-state index in [4.69, 9.17) is 28.9 Å². The van der Waals surface area contributed by atoms with Gasteiger partial charge in [0.25, 0.3) is 0 Å². The van der Waals surface area contributed by atoms with Crippen LogP contribution >= 0.6 is 10.9 Å². The smallest absolute Gasteiger partial charge is 0.410 e. The number of aromatic nitrogens is 4. The number of thiol groups is 1. The molecule has 0 radical (unpaired) electrons. The molecule has 72 heavy (non-hydrogen) atoms. The molecule has 0 aliphatic carbocycles. The Labute approximate surface area is 422 Å². The number of carbonyl (C=O) groups excluding carboxylic acids is 2. The summed E-state index contributed by atoms with van der Waals surface area (Å²) in [6.07, 6.45) is 3.59. The lowest BCUT2D eigenvalue weighted by molar-refractivity contribution is -0.145. The zero-order chi connectivity index (χ0) is 51.1. The summed E-state index contributed by atoms with van der Waals surface area (Å²) >= 11 is 0. The largest absolute Gasteiger partial charge is 0.496 e. The first-order valence-corrected chi connectivity index (χ1v) is 25.1. The summed E-state index contributed by atoms with van der Waals surface area (Å²) in [6, 6.07) is 24.5. The van der Waals surface area contributed by atoms with Crippen LogP contribution in [0.2, 0.25) is 0 Å². The van der Waals surface area contributed by atoms with Crippen LogP contribution in [0.15, 0.2) is 107 Å². The molecule has 8 rings (SSSR count). The molecule has 0 bridgehead atoms. The van der Waals surface area contributed by atoms with E-state index in [9.17, 15) is 23.9 Å². The van der Waals surface area contributed by atoms with Gasteiger partial charge in [-0.15, -0.1) is 0 Å². The molecule has 1 N–H and O–H groups in total. The molecule has 15 nitrogen and oxygen atoms in total. The van der Waals surface area contributed by atoms with Crippen molar-refractivity contribution in [3.8, 4) is 28.8 Å². The van der Waals surface area contributed by atoms with Gasteiger partial charge in [-0.2, -0.15) is 10.9 Å². The van der Waals surface area contributed by atoms with E-state index in [0.717, 1.165) is 64.5 Å². The average molecular weight is 998 g/mol. The van der Waals surface area contributed by atoms with Crippen molar-refractivity contribution in [3.63, 3.8) is 0 Å². The maximum atomic E-state index is 14.3. The molecule has 2 aromatic heterocycles. The number of rotatable bonds is 18. The van der Waals surface area contributed by atoms with Gasteiger partial charge in [0.05, 0.1) is 29.0 Å². The number of ether oxygens (including phenoxy) is 4. The Bertz CT molecular complexity index is 2980. The second-order valence-corrected chi connectivity index (χ2v) is 20.9. The highest BCUT2D eigenvalue weighted by Crippen LogP contribution is 2.62. The fraction of sp³-hybridized carbons (Fsp3) is 0.327. The maximum absolute atomic E-state index is 14.3. The van der Waals surface area contributed by atoms with Crippen LogP contribution in [0.1, 0.15) is 70.2 Å². The summed E-state index contributed by atoms with van der Waals surface area (Å²) in [6.45, 7) is 14.2. The van der Waals surface area contributed by atoms with E-state index in [1.807, 2.05) is 83.2 Å². The first-order valence-electron chi connectivity index (χ1n) is 23.8. The fourth-order valence-corrected chi connectivity index (χ4v) is 11.3. The van der Waals surface area contributed by atoms with Crippen molar-refractivity contribution in [1.82, 2.24) is 34.6 Å². The number of hydrogen-bond acceptors (Lipinski definition) is 13. The van der Waals surface area contributed by atoms with Gasteiger partial charge in [-0.1, -0.05) is 42.5 Å². The summed E-state index contributed by atoms with van der Waals surface area (Å²) in [5.74, 6) is -0.143. The lowest BCUT2D eigenvalue weighted by Crippen LogP contribution is -2.48. The number of hydrogen-bond donors (Lipinski definition) is 2. The van der Waals surface area contributed by atoms with E-state index >= 15 is 0 Å². The van der Waals surface area contributed by atoms with Crippen molar-refractivity contribution < 1.29 is 42.8 Å². The number of amides is 1. The summed E-state index contributed by atoms with van der Waals surface area (Å²) in [5, 5.41) is 11.6. The number of halogens is 1. The topological polar surface area (TPSA) is 170 Å². The van der Waals surface area contributed by atoms with E-state index in [2.05, 4.69) is 26.8 Å². The minimum Gasteiger partial charge on any atom is -0.496 e. The molecule has 1 saturated heterocycles. The van der Waals surface area contributed by atoms with E-state index in [1.54, 1.807) is 48.5 Å². The standard InChI is InChI=1S/C55H60FN7O8S/c1-35-36(2)48(19-15-39(35)32-64)72-49(38-13-16-41(56)17-14-38)30-44-51(58-34-59-52(44)72)70-47(53(65)66)29-40-28-37(31-63(54(67)71-55(3,4)5)27-26-62-24-22-61(6)23-25-62)12-18-45(40)69-33-42-20-21-57-50(60-42)43-10-8-9-11-46(43)68-7/h8-21,28,30,32,34,47,72H,22-27,29,31,33H2,1-7H3,(H,65,66). The Balaban J connectivity index is 1.14. The molecule has 17 heteroatoms. The van der Waals surface area contributed by atoms with Crippen LogP contribution in [-0.2, 0) is 29.1 Å². The van der Waals surface area contributed by atoms with Crippen LogP contribution < -0.4 is 14.2 Å². The van der Waals surface area contributed by atoms with Crippen LogP contribution in [0.4, 0.5) is 9.18 Å². The highest BCUT2D eigenvalue weighted by Gasteiger charge is 2.33. The van der Waals surface area contributed by atoms with Gasteiger partial charge in [0.2, 0.25) is 12.0 Å². The molecule has 4 aromatic carbocycles. The van der Waals surface area contributed by atoms with Crippen molar-refractivity contribution in [1.29, 1.82) is 0 Å². The van der Waals surface area contributed by atoms with Gasteiger partial charge in [-0.05, 0) is 118 Å². The number of piperazine rings is 1. The number of carboxylic acid groups (broad SMARTS) is 1. The number of nitrogens with zero attached hydrogens (tertiary/aromatic N) is 7. The zero-order valence-electron chi connectivity index (χ0n) is 41.6. The second-order valence-electron chi connectivity index (χ2n) is 18.8. The molecule has 2 aliphatic rings. The third kappa shape index (κ3) is 12.1. The first kappa shape index (κ1) is 51.2. The molecule has 376 valence electrons. The van der Waals surface area contributed by atoms with Crippen LogP contribution in [0.3, 0.4) is 0 Å². The van der Waals surface area contributed by atoms with Crippen molar-refractivity contribution in [2.45, 2.75) is 75.8 Å². The van der Waals surface area contributed by atoms with Crippen molar-refractivity contribution in [3.05, 3.63) is 148 Å². The van der Waals surface area contributed by atoms with Gasteiger partial charge in [-0.3, -0.25) is 9.69 Å². The molecular formula is C55H60FN7O8S. The van der Waals surface area contributed by atoms with E-state index in [-0.39, 0.29) is 31.3 Å². The number of methoxy groups -OCH3 is 1. The molecule has 2 aliphatic heterocycles. The number of aldehydes is 1. The third-order valence-corrected chi connectivity index (χ3v) is 15.3. The quantitative estimate of drug-likeness (QED) is 0.0475. The highest BCUT2D eigenvalue weighted by atomic mass is 32.2. The minimum atomic E-state index is -1.48. The number of carbonyl (C=O) groups is 3. The summed E-state index contributed by atoms with van der Waals surface area (Å²) in [7, 11) is 2.29. The lowest BCUT2D eigenvalue weighted by atomic mass is 10.0. The third-order valence-electron chi connectivity index (χ3n) is 12.7. The number of likely N-dealkylation sites (N-methyl/N-ethyl adjacent to an activating group) is 1. The minimum absolute atomic E-state index is 0.0112. The number of fused-ring (bicyclic) bond motifs is 1. The van der Waals surface area contributed by atoms with Crippen molar-refractivity contribution >= 4 is 40.2 Å². The van der Waals surface area contributed by atoms with Crippen LogP contribution in [0.5, 0.6) is 17.4 Å². The second kappa shape index (κ2) is 22.5. The number of aliphatic carboxylic acids is 1. The summed E-state index contributed by atoms with van der Waals surface area (Å²) in [5.41, 5.74) is 5.31. The summed E-state index contributed by atoms with van der Waals surface area (Å²) < 4.78 is 38.7. The molecule has 2 atom stereocenters. The van der Waals surface area contributed by atoms with Crippen molar-refractivity contribution in [2.75, 3.05) is 53.4 Å². The molecule has 0 spiro atoms. The van der Waals surface area contributed by atoms with Gasteiger partial charge >= 0.3 is 12.1 Å². The van der Waals surface area contributed by atoms with Crippen LogP contribution in [0, 0.1) is 19.7 Å². The normalized spacial score (nSPS) is 15.8. The van der Waals surface area contributed by atoms with Crippen LogP contribution in [-0.4, -0.2) is 123 Å². The monoisotopic (exact) mass is 997 g/mol. The van der Waals surface area contributed by atoms with Crippen molar-refractivity contribution in [2.24, 2.45) is 0 Å². The fourth-order valence-electron chi connectivity index (χ4n) is 8.61. The number of benzene rings is 4. The summed E-state index contributed by atoms with van der Waals surface area (Å²) in [4.78, 5) is 65.7. The first-order chi connectivity index (χ1) is 34.6. The van der Waals surface area contributed by atoms with Crippen LogP contribution in [0.25, 0.3) is 22.4 Å². The molecule has 2 unspecified atom stereocenters. The number of carboxylic acids is 1. The van der Waals surface area contributed by atoms with Gasteiger partial charge in [-0.25, -0.2) is 33.9 Å². The van der Waals surface area contributed by atoms with E-state index in [1.165, 1.54) is 18.5 Å². The Morgan fingerprint density at radius 1 is 0.931 bits per heavy atom. The Kier molecular flexibility index (Phi) is 16.0. The highest BCUT2D eigenvalue weighted by molar-refractivity contribution is 8.25. The zero-order valence-corrected chi connectivity index (χ0v) is 42.5. The molecule has 6 aromatic rings. The Hall–Kier alpha value is -7.21. The molecule has 1 amide bonds. The Morgan fingerprint density at radius 2 is 1.69 bits per heavy atom. The van der Waals surface area contributed by atoms with Gasteiger partial charge in [0.1, 0.15) is 42.1 Å². The lowest BCUT2D eigenvalue weighted by Gasteiger charge is -2.34. The predicted octanol–water partition coefficient (Wildman–Crippen LogP) is 9.08. The van der Waals surface area contributed by atoms with E-state index in [0.29, 0.717) is 63.4 Å². The van der Waals surface area contributed by atoms with Gasteiger partial charge < -0.3 is 33.9 Å². The molecule has 4 heterocycles. The number of para-hydroxylation sites is 1. The Morgan fingerprint density at radius 3 is 2.42 bits per heavy atom. The SMILES string of the molecule is COc1ccccc1-c1nccc(COc2ccc(CN(CCN3CCN(C)CC3)C(=O)OC(C)(C)C)cc2CC(Oc2ncnc3c2C=C(c2ccc(F)cc2)[SH]3c2ccc(C=O)c(C)c2C)C(=O)O)n1. The molecular weight excluding hydrogens is 938 g/mol. The molecule has 0 saturated carbocycles. The van der Waals surface area contributed by atoms with E-state index < -0.39 is 34.7 Å². The maximum Gasteiger partial charge on any atom is 0.410 e. The molecule has 1 fully saturated rings. The van der Waals surface area contributed by atoms with Gasteiger partial charge in [0, 0.05) is 73.8 Å². The van der Waals surface area contributed by atoms with Gasteiger partial charge in [0.15, 0.2) is 5.82 Å². The average Bonchev–Trinajstić information content (AvgIpc) is 3.76. The predicted molar refractivity (Wildman–Crippen MR) is 274 cm³/mol.